The van der Waals surface area contributed by atoms with Crippen LogP contribution in [0.15, 0.2) is 0 Å². The molecule has 2 N–H and O–H groups in total. The van der Waals surface area contributed by atoms with Crippen LogP contribution in [0.25, 0.3) is 0 Å². The summed E-state index contributed by atoms with van der Waals surface area (Å²) >= 11 is 0. The first-order valence-electron chi connectivity index (χ1n) is 4.43. The maximum absolute atomic E-state index is 10.8. The number of carbonyl (C=O) groups is 1. The molecule has 0 amide bonds. The maximum Gasteiger partial charge on any atom is 0.130 e. The quantitative estimate of drug-likeness (QED) is 0.656. The minimum Gasteiger partial charge on any atom is -0.328 e. The number of carbonyl (C=O) groups excluding carboxylic acids is 1. The highest BCUT2D eigenvalue weighted by atomic mass is 16.1. The van der Waals surface area contributed by atoms with Crippen molar-refractivity contribution in [2.75, 3.05) is 0 Å². The van der Waals surface area contributed by atoms with E-state index < -0.39 is 0 Å². The molecular weight excluding hydrogens is 138 g/mol. The van der Waals surface area contributed by atoms with Crippen LogP contribution in [0.5, 0.6) is 0 Å². The van der Waals surface area contributed by atoms with Crippen LogP contribution in [-0.2, 0) is 4.79 Å². The van der Waals surface area contributed by atoms with Gasteiger partial charge in [0, 0.05) is 12.5 Å². The van der Waals surface area contributed by atoms with Gasteiger partial charge in [-0.2, -0.15) is 0 Å². The second-order valence-electron chi connectivity index (χ2n) is 3.70. The first-order valence-corrected chi connectivity index (χ1v) is 4.43. The van der Waals surface area contributed by atoms with Crippen LogP contribution in [0.3, 0.4) is 0 Å². The predicted octanol–water partition coefficient (Wildman–Crippen LogP) is 1.48. The highest BCUT2D eigenvalue weighted by Crippen LogP contribution is 2.25. The van der Waals surface area contributed by atoms with E-state index >= 15 is 0 Å². The number of Topliss-reactive ketones (excluding diaryl/α,β-unsaturated/α-hetero) is 1. The molecule has 1 aliphatic rings. The smallest absolute Gasteiger partial charge is 0.130 e. The molecule has 11 heavy (non-hydrogen) atoms. The summed E-state index contributed by atoms with van der Waals surface area (Å²) in [5.74, 6) is 0.889. The van der Waals surface area contributed by atoms with Crippen molar-refractivity contribution in [3.05, 3.63) is 0 Å². The fourth-order valence-corrected chi connectivity index (χ4v) is 1.92. The van der Waals surface area contributed by atoms with Gasteiger partial charge in [-0.05, 0) is 32.1 Å². The monoisotopic (exact) mass is 155 g/mol. The average molecular weight is 155 g/mol. The molecular formula is C9H17NO. The van der Waals surface area contributed by atoms with Gasteiger partial charge in [-0.1, -0.05) is 6.42 Å². The predicted molar refractivity (Wildman–Crippen MR) is 45.2 cm³/mol. The molecule has 0 spiro atoms. The molecule has 0 bridgehead atoms. The largest absolute Gasteiger partial charge is 0.328 e. The molecule has 0 heterocycles. The van der Waals surface area contributed by atoms with Gasteiger partial charge in [0.15, 0.2) is 0 Å². The summed E-state index contributed by atoms with van der Waals surface area (Å²) in [6.07, 6.45) is 5.36. The molecule has 2 unspecified atom stereocenters. The lowest BCUT2D eigenvalue weighted by molar-refractivity contribution is -0.118. The molecule has 0 aliphatic heterocycles. The Labute approximate surface area is 68.2 Å². The van der Waals surface area contributed by atoms with E-state index in [1.54, 1.807) is 6.92 Å². The zero-order valence-electron chi connectivity index (χ0n) is 7.18. The first-order chi connectivity index (χ1) is 5.18. The molecule has 2 nitrogen and oxygen atoms in total. The summed E-state index contributed by atoms with van der Waals surface area (Å²) in [5.41, 5.74) is 5.79. The van der Waals surface area contributed by atoms with Gasteiger partial charge in [-0.15, -0.1) is 0 Å². The van der Waals surface area contributed by atoms with Gasteiger partial charge in [0.05, 0.1) is 0 Å². The van der Waals surface area contributed by atoms with Gasteiger partial charge in [-0.25, -0.2) is 0 Å². The van der Waals surface area contributed by atoms with Crippen molar-refractivity contribution < 1.29 is 4.79 Å². The summed E-state index contributed by atoms with van der Waals surface area (Å²) in [4.78, 5) is 10.8. The first kappa shape index (κ1) is 8.72. The van der Waals surface area contributed by atoms with Crippen molar-refractivity contribution in [1.82, 2.24) is 0 Å². The van der Waals surface area contributed by atoms with Crippen LogP contribution in [0.1, 0.15) is 39.0 Å². The highest BCUT2D eigenvalue weighted by Gasteiger charge is 2.19. The number of ketones is 1. The SMILES string of the molecule is CC(=O)CC1CCCC(N)C1. The molecule has 1 fully saturated rings. The Morgan fingerprint density at radius 2 is 2.27 bits per heavy atom. The van der Waals surface area contributed by atoms with Gasteiger partial charge in [0.2, 0.25) is 0 Å². The number of hydrogen-bond donors (Lipinski definition) is 1. The minimum absolute atomic E-state index is 0.309. The third kappa shape index (κ3) is 3.02. The van der Waals surface area contributed by atoms with Crippen LogP contribution < -0.4 is 5.73 Å². The average Bonchev–Trinajstić information content (AvgIpc) is 1.85. The lowest BCUT2D eigenvalue weighted by atomic mass is 9.83. The number of hydrogen-bond acceptors (Lipinski definition) is 2. The molecule has 2 heteroatoms. The molecule has 0 aromatic rings. The van der Waals surface area contributed by atoms with Gasteiger partial charge >= 0.3 is 0 Å². The Morgan fingerprint density at radius 1 is 1.55 bits per heavy atom. The highest BCUT2D eigenvalue weighted by molar-refractivity contribution is 5.75. The summed E-state index contributed by atoms with van der Waals surface area (Å²) in [6.45, 7) is 1.67. The van der Waals surface area contributed by atoms with Crippen LogP contribution >= 0.6 is 0 Å². The summed E-state index contributed by atoms with van der Waals surface area (Å²) in [5, 5.41) is 0. The van der Waals surface area contributed by atoms with E-state index in [-0.39, 0.29) is 0 Å². The molecule has 2 atom stereocenters. The zero-order valence-corrected chi connectivity index (χ0v) is 7.18. The Balaban J connectivity index is 2.28. The molecule has 0 aromatic heterocycles. The van der Waals surface area contributed by atoms with Crippen molar-refractivity contribution in [1.29, 1.82) is 0 Å². The van der Waals surface area contributed by atoms with Gasteiger partial charge < -0.3 is 10.5 Å². The van der Waals surface area contributed by atoms with E-state index in [4.69, 9.17) is 5.73 Å². The summed E-state index contributed by atoms with van der Waals surface area (Å²) < 4.78 is 0. The summed E-state index contributed by atoms with van der Waals surface area (Å²) in [7, 11) is 0. The number of rotatable bonds is 2. The summed E-state index contributed by atoms with van der Waals surface area (Å²) in [6, 6.07) is 0.355. The standard InChI is InChI=1S/C9H17NO/c1-7(11)5-8-3-2-4-9(10)6-8/h8-9H,2-6,10H2,1H3. The van der Waals surface area contributed by atoms with Crippen LogP contribution in [-0.4, -0.2) is 11.8 Å². The Morgan fingerprint density at radius 3 is 2.82 bits per heavy atom. The minimum atomic E-state index is 0.309. The van der Waals surface area contributed by atoms with Crippen molar-refractivity contribution in [3.8, 4) is 0 Å². The van der Waals surface area contributed by atoms with Gasteiger partial charge in [-0.3, -0.25) is 0 Å². The van der Waals surface area contributed by atoms with E-state index in [0.717, 1.165) is 19.3 Å². The molecule has 0 radical (unpaired) electrons. The molecule has 1 saturated carbocycles. The fraction of sp³-hybridized carbons (Fsp3) is 0.889. The maximum atomic E-state index is 10.8. The third-order valence-electron chi connectivity index (χ3n) is 2.40. The second-order valence-corrected chi connectivity index (χ2v) is 3.70. The lowest BCUT2D eigenvalue weighted by Crippen LogP contribution is -2.28. The van der Waals surface area contributed by atoms with Crippen molar-refractivity contribution in [3.63, 3.8) is 0 Å². The van der Waals surface area contributed by atoms with E-state index in [1.165, 1.54) is 12.8 Å². The Bertz CT molecular complexity index is 144. The van der Waals surface area contributed by atoms with E-state index in [0.29, 0.717) is 17.7 Å². The van der Waals surface area contributed by atoms with Crippen molar-refractivity contribution >= 4 is 5.78 Å². The lowest BCUT2D eigenvalue weighted by Gasteiger charge is -2.25. The topological polar surface area (TPSA) is 43.1 Å². The normalized spacial score (nSPS) is 31.8. The number of nitrogens with two attached hydrogens (primary N) is 1. The van der Waals surface area contributed by atoms with Crippen molar-refractivity contribution in [2.24, 2.45) is 11.7 Å². The van der Waals surface area contributed by atoms with Crippen LogP contribution in [0, 0.1) is 5.92 Å². The van der Waals surface area contributed by atoms with E-state index in [2.05, 4.69) is 0 Å². The van der Waals surface area contributed by atoms with Crippen LogP contribution in [0.4, 0.5) is 0 Å². The Kier molecular flexibility index (Phi) is 3.06. The second kappa shape index (κ2) is 3.86. The zero-order chi connectivity index (χ0) is 8.27. The van der Waals surface area contributed by atoms with Gasteiger partial charge in [0.1, 0.15) is 5.78 Å². The molecule has 0 aromatic carbocycles. The van der Waals surface area contributed by atoms with Gasteiger partial charge in [0.25, 0.3) is 0 Å². The molecule has 1 aliphatic carbocycles. The van der Waals surface area contributed by atoms with E-state index in [9.17, 15) is 4.79 Å². The Hall–Kier alpha value is -0.370. The van der Waals surface area contributed by atoms with Crippen LogP contribution in [0.2, 0.25) is 0 Å². The molecule has 1 rings (SSSR count). The molecule has 0 saturated heterocycles. The van der Waals surface area contributed by atoms with E-state index in [1.807, 2.05) is 0 Å². The van der Waals surface area contributed by atoms with Crippen molar-refractivity contribution in [2.45, 2.75) is 45.1 Å². The fourth-order valence-electron chi connectivity index (χ4n) is 1.92. The third-order valence-corrected chi connectivity index (χ3v) is 2.40. The molecule has 64 valence electrons.